The molecule has 0 radical (unpaired) electrons. The minimum Gasteiger partial charge on any atom is -0.473 e. The van der Waals surface area contributed by atoms with Gasteiger partial charge in [0.15, 0.2) is 0 Å². The van der Waals surface area contributed by atoms with Crippen molar-refractivity contribution >= 4 is 11.7 Å². The summed E-state index contributed by atoms with van der Waals surface area (Å²) < 4.78 is 11.1. The highest BCUT2D eigenvalue weighted by molar-refractivity contribution is 5.89. The number of nitrogens with zero attached hydrogens (tertiary/aromatic N) is 2. The second-order valence-electron chi connectivity index (χ2n) is 6.80. The SMILES string of the molecule is O=C(NCCc1coc(-c2ccccc2)n1)Nc1ccc(OCc2ccccc2)nc1. The van der Waals surface area contributed by atoms with Crippen LogP contribution in [-0.4, -0.2) is 22.5 Å². The summed E-state index contributed by atoms with van der Waals surface area (Å²) in [5.74, 6) is 1.07. The van der Waals surface area contributed by atoms with Gasteiger partial charge in [-0.3, -0.25) is 0 Å². The fourth-order valence-corrected chi connectivity index (χ4v) is 2.89. The molecular weight excluding hydrogens is 392 g/mol. The van der Waals surface area contributed by atoms with Crippen molar-refractivity contribution in [2.24, 2.45) is 0 Å². The zero-order valence-electron chi connectivity index (χ0n) is 16.8. The zero-order valence-corrected chi connectivity index (χ0v) is 16.8. The van der Waals surface area contributed by atoms with Crippen LogP contribution in [0, 0.1) is 0 Å². The highest BCUT2D eigenvalue weighted by Gasteiger charge is 2.07. The Bertz CT molecular complexity index is 1100. The minimum atomic E-state index is -0.313. The maximum Gasteiger partial charge on any atom is 0.319 e. The van der Waals surface area contributed by atoms with Gasteiger partial charge < -0.3 is 19.8 Å². The smallest absolute Gasteiger partial charge is 0.319 e. The van der Waals surface area contributed by atoms with Gasteiger partial charge in [0.25, 0.3) is 0 Å². The molecule has 2 aromatic carbocycles. The summed E-state index contributed by atoms with van der Waals surface area (Å²) in [6, 6.07) is 22.7. The molecule has 0 aliphatic carbocycles. The number of pyridine rings is 1. The quantitative estimate of drug-likeness (QED) is 0.437. The Labute approximate surface area is 180 Å². The highest BCUT2D eigenvalue weighted by atomic mass is 16.5. The Morgan fingerprint density at radius 2 is 1.74 bits per heavy atom. The number of hydrogen-bond donors (Lipinski definition) is 2. The van der Waals surface area contributed by atoms with Gasteiger partial charge in [-0.2, -0.15) is 0 Å². The van der Waals surface area contributed by atoms with Crippen molar-refractivity contribution in [2.75, 3.05) is 11.9 Å². The van der Waals surface area contributed by atoms with Crippen LogP contribution in [0.4, 0.5) is 10.5 Å². The van der Waals surface area contributed by atoms with Crippen LogP contribution in [0.2, 0.25) is 0 Å². The van der Waals surface area contributed by atoms with Crippen LogP contribution in [0.1, 0.15) is 11.3 Å². The predicted molar refractivity (Wildman–Crippen MR) is 118 cm³/mol. The van der Waals surface area contributed by atoms with E-state index < -0.39 is 0 Å². The molecule has 31 heavy (non-hydrogen) atoms. The molecule has 4 rings (SSSR count). The van der Waals surface area contributed by atoms with Crippen LogP contribution in [-0.2, 0) is 13.0 Å². The van der Waals surface area contributed by atoms with Gasteiger partial charge >= 0.3 is 6.03 Å². The van der Waals surface area contributed by atoms with Gasteiger partial charge in [0.05, 0.1) is 17.6 Å². The maximum atomic E-state index is 12.1. The van der Waals surface area contributed by atoms with Crippen LogP contribution < -0.4 is 15.4 Å². The van der Waals surface area contributed by atoms with Crippen LogP contribution >= 0.6 is 0 Å². The highest BCUT2D eigenvalue weighted by Crippen LogP contribution is 2.18. The lowest BCUT2D eigenvalue weighted by molar-refractivity contribution is 0.252. The molecule has 0 atom stereocenters. The van der Waals surface area contributed by atoms with Crippen molar-refractivity contribution in [2.45, 2.75) is 13.0 Å². The first-order chi connectivity index (χ1) is 15.3. The molecule has 7 heteroatoms. The molecule has 0 spiro atoms. The maximum absolute atomic E-state index is 12.1. The number of anilines is 1. The summed E-state index contributed by atoms with van der Waals surface area (Å²) in [6.45, 7) is 0.868. The number of aromatic nitrogens is 2. The first-order valence-electron chi connectivity index (χ1n) is 9.94. The van der Waals surface area contributed by atoms with E-state index >= 15 is 0 Å². The zero-order chi connectivity index (χ0) is 21.3. The second kappa shape index (κ2) is 10.1. The van der Waals surface area contributed by atoms with E-state index in [1.54, 1.807) is 24.6 Å². The second-order valence-corrected chi connectivity index (χ2v) is 6.80. The van der Waals surface area contributed by atoms with Gasteiger partial charge in [-0.25, -0.2) is 14.8 Å². The molecule has 2 N–H and O–H groups in total. The van der Waals surface area contributed by atoms with E-state index in [9.17, 15) is 4.79 Å². The summed E-state index contributed by atoms with van der Waals surface area (Å²) in [5, 5.41) is 5.55. The average Bonchev–Trinajstić information content (AvgIpc) is 3.29. The Balaban J connectivity index is 1.20. The molecular formula is C24H22N4O3. The molecule has 7 nitrogen and oxygen atoms in total. The van der Waals surface area contributed by atoms with Crippen molar-refractivity contribution in [1.29, 1.82) is 0 Å². The van der Waals surface area contributed by atoms with Gasteiger partial charge in [-0.05, 0) is 23.8 Å². The molecule has 0 saturated heterocycles. The number of rotatable bonds is 8. The molecule has 4 aromatic rings. The Kier molecular flexibility index (Phi) is 6.54. The summed E-state index contributed by atoms with van der Waals surface area (Å²) in [7, 11) is 0. The standard InChI is InChI=1S/C24H22N4O3/c29-24(25-14-13-21-17-31-23(27-21)19-9-5-2-6-10-19)28-20-11-12-22(26-15-20)30-16-18-7-3-1-4-8-18/h1-12,15,17H,13-14,16H2,(H2,25,28,29). The summed E-state index contributed by atoms with van der Waals surface area (Å²) in [6.07, 6.45) is 3.73. The average molecular weight is 414 g/mol. The monoisotopic (exact) mass is 414 g/mol. The Hall–Kier alpha value is -4.13. The molecule has 0 fully saturated rings. The summed E-state index contributed by atoms with van der Waals surface area (Å²) in [4.78, 5) is 20.8. The molecule has 0 saturated carbocycles. The van der Waals surface area contributed by atoms with Crippen molar-refractivity contribution in [3.8, 4) is 17.3 Å². The molecule has 2 heterocycles. The number of amides is 2. The van der Waals surface area contributed by atoms with E-state index in [2.05, 4.69) is 20.6 Å². The molecule has 0 bridgehead atoms. The van der Waals surface area contributed by atoms with Gasteiger partial charge in [0, 0.05) is 24.6 Å². The largest absolute Gasteiger partial charge is 0.473 e. The number of nitrogens with one attached hydrogen (secondary N) is 2. The van der Waals surface area contributed by atoms with E-state index in [1.165, 1.54) is 0 Å². The summed E-state index contributed by atoms with van der Waals surface area (Å²) in [5.41, 5.74) is 3.34. The number of carbonyl (C=O) groups is 1. The molecule has 0 unspecified atom stereocenters. The van der Waals surface area contributed by atoms with Crippen molar-refractivity contribution in [3.63, 3.8) is 0 Å². The van der Waals surface area contributed by atoms with Gasteiger partial charge in [0.2, 0.25) is 11.8 Å². The third-order valence-electron chi connectivity index (χ3n) is 4.46. The Morgan fingerprint density at radius 3 is 2.48 bits per heavy atom. The fourth-order valence-electron chi connectivity index (χ4n) is 2.89. The van der Waals surface area contributed by atoms with E-state index in [0.717, 1.165) is 16.8 Å². The topological polar surface area (TPSA) is 89.3 Å². The van der Waals surface area contributed by atoms with E-state index in [-0.39, 0.29) is 6.03 Å². The number of ether oxygens (including phenoxy) is 1. The van der Waals surface area contributed by atoms with Crippen molar-refractivity contribution in [3.05, 3.63) is 96.5 Å². The van der Waals surface area contributed by atoms with E-state index in [0.29, 0.717) is 37.0 Å². The third-order valence-corrected chi connectivity index (χ3v) is 4.46. The number of benzene rings is 2. The lowest BCUT2D eigenvalue weighted by Gasteiger charge is -2.08. The van der Waals surface area contributed by atoms with Gasteiger partial charge in [0.1, 0.15) is 12.9 Å². The Morgan fingerprint density at radius 1 is 0.968 bits per heavy atom. The lowest BCUT2D eigenvalue weighted by atomic mass is 10.2. The molecule has 2 amide bonds. The molecule has 2 aromatic heterocycles. The van der Waals surface area contributed by atoms with Crippen LogP contribution in [0.15, 0.2) is 89.7 Å². The number of hydrogen-bond acceptors (Lipinski definition) is 5. The van der Waals surface area contributed by atoms with Crippen LogP contribution in [0.25, 0.3) is 11.5 Å². The van der Waals surface area contributed by atoms with E-state index in [4.69, 9.17) is 9.15 Å². The first-order valence-corrected chi connectivity index (χ1v) is 9.94. The van der Waals surface area contributed by atoms with Crippen molar-refractivity contribution < 1.29 is 13.9 Å². The van der Waals surface area contributed by atoms with Gasteiger partial charge in [-0.1, -0.05) is 48.5 Å². The number of urea groups is 1. The molecule has 0 aliphatic rings. The molecule has 0 aliphatic heterocycles. The van der Waals surface area contributed by atoms with Crippen LogP contribution in [0.5, 0.6) is 5.88 Å². The number of carbonyl (C=O) groups excluding carboxylic acids is 1. The number of oxazole rings is 1. The minimum absolute atomic E-state index is 0.313. The van der Waals surface area contributed by atoms with Crippen molar-refractivity contribution in [1.82, 2.24) is 15.3 Å². The molecule has 156 valence electrons. The van der Waals surface area contributed by atoms with Crippen LogP contribution in [0.3, 0.4) is 0 Å². The summed E-state index contributed by atoms with van der Waals surface area (Å²) >= 11 is 0. The normalized spacial score (nSPS) is 10.5. The van der Waals surface area contributed by atoms with Gasteiger partial charge in [-0.15, -0.1) is 0 Å². The first kappa shape index (κ1) is 20.2. The van der Waals surface area contributed by atoms with E-state index in [1.807, 2.05) is 60.7 Å². The fraction of sp³-hybridized carbons (Fsp3) is 0.125. The lowest BCUT2D eigenvalue weighted by Crippen LogP contribution is -2.30. The third kappa shape index (κ3) is 5.93. The predicted octanol–water partition coefficient (Wildman–Crippen LogP) is 4.68.